The topological polar surface area (TPSA) is 110 Å². The molecule has 1 heterocycles. The molecule has 0 radical (unpaired) electrons. The first-order valence-corrected chi connectivity index (χ1v) is 7.41. The molecule has 0 saturated carbocycles. The van der Waals surface area contributed by atoms with Crippen molar-refractivity contribution in [3.8, 4) is 0 Å². The smallest absolute Gasteiger partial charge is 0.352 e. The van der Waals surface area contributed by atoms with Gasteiger partial charge in [0.05, 0.1) is 13.0 Å². The minimum absolute atomic E-state index is 0. The Balaban J connectivity index is 0.00000264. The molecule has 1 aromatic carbocycles. The van der Waals surface area contributed by atoms with Crippen molar-refractivity contribution in [2.75, 3.05) is 17.8 Å². The lowest BCUT2D eigenvalue weighted by molar-refractivity contribution is -0.116. The molecule has 0 atom stereocenters. The van der Waals surface area contributed by atoms with Crippen LogP contribution in [0.25, 0.3) is 0 Å². The number of hydrogen-bond donors (Lipinski definition) is 3. The van der Waals surface area contributed by atoms with Crippen molar-refractivity contribution in [3.63, 3.8) is 0 Å². The number of nitrogen functional groups attached to an aromatic ring is 1. The SMILES string of the molecule is Br.CCOC(=O)c1sc(=N)n(NC(=O)Cc2ccccc2)c1N. The fourth-order valence-corrected chi connectivity index (χ4v) is 2.57. The number of aromatic nitrogens is 1. The maximum atomic E-state index is 12.0. The van der Waals surface area contributed by atoms with E-state index in [-0.39, 0.29) is 51.4 Å². The van der Waals surface area contributed by atoms with Crippen LogP contribution >= 0.6 is 28.3 Å². The van der Waals surface area contributed by atoms with Crippen molar-refractivity contribution in [1.82, 2.24) is 4.68 Å². The summed E-state index contributed by atoms with van der Waals surface area (Å²) in [5.41, 5.74) is 9.17. The van der Waals surface area contributed by atoms with E-state index in [2.05, 4.69) is 5.43 Å². The summed E-state index contributed by atoms with van der Waals surface area (Å²) in [5, 5.41) is 7.81. The van der Waals surface area contributed by atoms with Crippen LogP contribution in [-0.2, 0) is 16.0 Å². The lowest BCUT2D eigenvalue weighted by Crippen LogP contribution is -2.32. The number of esters is 1. The number of carbonyl (C=O) groups excluding carboxylic acids is 2. The first-order valence-electron chi connectivity index (χ1n) is 6.59. The van der Waals surface area contributed by atoms with Crippen LogP contribution in [0.1, 0.15) is 22.2 Å². The van der Waals surface area contributed by atoms with Crippen LogP contribution in [-0.4, -0.2) is 23.2 Å². The van der Waals surface area contributed by atoms with Gasteiger partial charge >= 0.3 is 5.97 Å². The van der Waals surface area contributed by atoms with Gasteiger partial charge in [0.2, 0.25) is 10.7 Å². The molecule has 0 saturated heterocycles. The van der Waals surface area contributed by atoms with E-state index in [4.69, 9.17) is 15.9 Å². The normalized spacial score (nSPS) is 9.78. The highest BCUT2D eigenvalue weighted by molar-refractivity contribution is 8.93. The monoisotopic (exact) mass is 400 g/mol. The average Bonchev–Trinajstić information content (AvgIpc) is 2.77. The summed E-state index contributed by atoms with van der Waals surface area (Å²) in [7, 11) is 0. The van der Waals surface area contributed by atoms with Crippen LogP contribution in [0.3, 0.4) is 0 Å². The Kier molecular flexibility index (Phi) is 6.98. The Labute approximate surface area is 147 Å². The number of nitrogens with two attached hydrogens (primary N) is 1. The van der Waals surface area contributed by atoms with Gasteiger partial charge in [-0.05, 0) is 12.5 Å². The molecular formula is C14H17BrN4O3S. The maximum Gasteiger partial charge on any atom is 0.352 e. The molecule has 2 aromatic rings. The lowest BCUT2D eigenvalue weighted by Gasteiger charge is -2.08. The number of hydrogen-bond acceptors (Lipinski definition) is 6. The highest BCUT2D eigenvalue weighted by Gasteiger charge is 2.19. The minimum Gasteiger partial charge on any atom is -0.462 e. The molecule has 0 spiro atoms. The van der Waals surface area contributed by atoms with Gasteiger partial charge in [0.25, 0.3) is 0 Å². The van der Waals surface area contributed by atoms with Crippen LogP contribution in [0.5, 0.6) is 0 Å². The number of halogens is 1. The van der Waals surface area contributed by atoms with Crippen molar-refractivity contribution in [1.29, 1.82) is 5.41 Å². The third-order valence-electron chi connectivity index (χ3n) is 2.78. The number of thiazole rings is 1. The zero-order chi connectivity index (χ0) is 16.1. The largest absolute Gasteiger partial charge is 0.462 e. The number of carbonyl (C=O) groups is 2. The minimum atomic E-state index is -0.602. The molecule has 0 aliphatic rings. The summed E-state index contributed by atoms with van der Waals surface area (Å²) >= 11 is 0.853. The number of ether oxygens (including phenoxy) is 1. The highest BCUT2D eigenvalue weighted by atomic mass is 79.9. The van der Waals surface area contributed by atoms with Gasteiger partial charge in [-0.1, -0.05) is 41.7 Å². The Morgan fingerprint density at radius 1 is 1.35 bits per heavy atom. The molecule has 7 nitrogen and oxygen atoms in total. The summed E-state index contributed by atoms with van der Waals surface area (Å²) < 4.78 is 5.95. The quantitative estimate of drug-likeness (QED) is 0.662. The molecule has 1 amide bonds. The Morgan fingerprint density at radius 2 is 2.00 bits per heavy atom. The predicted octanol–water partition coefficient (Wildman–Crippen LogP) is 1.68. The van der Waals surface area contributed by atoms with Crippen LogP contribution in [0.15, 0.2) is 30.3 Å². The number of benzene rings is 1. The first-order chi connectivity index (χ1) is 10.5. The average molecular weight is 401 g/mol. The van der Waals surface area contributed by atoms with Crippen molar-refractivity contribution in [2.24, 2.45) is 0 Å². The molecular weight excluding hydrogens is 384 g/mol. The summed E-state index contributed by atoms with van der Waals surface area (Å²) in [6, 6.07) is 9.19. The third-order valence-corrected chi connectivity index (χ3v) is 3.74. The number of nitrogens with zero attached hydrogens (tertiary/aromatic N) is 1. The van der Waals surface area contributed by atoms with Crippen molar-refractivity contribution >= 4 is 46.0 Å². The van der Waals surface area contributed by atoms with E-state index in [1.807, 2.05) is 30.3 Å². The van der Waals surface area contributed by atoms with Gasteiger partial charge in [-0.15, -0.1) is 17.0 Å². The Morgan fingerprint density at radius 3 is 2.61 bits per heavy atom. The highest BCUT2D eigenvalue weighted by Crippen LogP contribution is 2.15. The van der Waals surface area contributed by atoms with Crippen molar-refractivity contribution < 1.29 is 14.3 Å². The molecule has 23 heavy (non-hydrogen) atoms. The number of amides is 1. The molecule has 0 unspecified atom stereocenters. The second kappa shape index (κ2) is 8.49. The van der Waals surface area contributed by atoms with Gasteiger partial charge in [-0.2, -0.15) is 0 Å². The van der Waals surface area contributed by atoms with E-state index in [1.165, 1.54) is 0 Å². The van der Waals surface area contributed by atoms with Crippen LogP contribution in [0, 0.1) is 5.41 Å². The standard InChI is InChI=1S/C14H16N4O3S.BrH/c1-2-21-13(20)11-12(15)18(14(16)22-11)17-10(19)8-9-6-4-3-5-7-9;/h3-7,16H,2,8,15H2,1H3,(H,17,19);1H. The Hall–Kier alpha value is -2.13. The molecule has 1 aromatic heterocycles. The van der Waals surface area contributed by atoms with E-state index in [0.717, 1.165) is 21.6 Å². The van der Waals surface area contributed by atoms with Crippen LogP contribution < -0.4 is 16.0 Å². The lowest BCUT2D eigenvalue weighted by atomic mass is 10.1. The number of rotatable bonds is 5. The van der Waals surface area contributed by atoms with E-state index < -0.39 is 5.97 Å². The molecule has 4 N–H and O–H groups in total. The summed E-state index contributed by atoms with van der Waals surface area (Å²) in [6.45, 7) is 1.89. The summed E-state index contributed by atoms with van der Waals surface area (Å²) in [4.78, 5) is 23.8. The van der Waals surface area contributed by atoms with Crippen LogP contribution in [0.4, 0.5) is 5.82 Å². The van der Waals surface area contributed by atoms with E-state index in [9.17, 15) is 9.59 Å². The van der Waals surface area contributed by atoms with E-state index in [1.54, 1.807) is 6.92 Å². The predicted molar refractivity (Wildman–Crippen MR) is 93.4 cm³/mol. The third kappa shape index (κ3) is 4.67. The number of anilines is 1. The van der Waals surface area contributed by atoms with E-state index in [0.29, 0.717) is 0 Å². The van der Waals surface area contributed by atoms with E-state index >= 15 is 0 Å². The molecule has 0 aliphatic heterocycles. The van der Waals surface area contributed by atoms with Crippen molar-refractivity contribution in [2.45, 2.75) is 13.3 Å². The zero-order valence-corrected chi connectivity index (χ0v) is 14.9. The zero-order valence-electron chi connectivity index (χ0n) is 12.4. The molecule has 0 fully saturated rings. The molecule has 0 aliphatic carbocycles. The molecule has 9 heteroatoms. The second-order valence-corrected chi connectivity index (χ2v) is 5.37. The van der Waals surface area contributed by atoms with Gasteiger partial charge < -0.3 is 10.5 Å². The van der Waals surface area contributed by atoms with Crippen LogP contribution in [0.2, 0.25) is 0 Å². The van der Waals surface area contributed by atoms with Gasteiger partial charge in [0, 0.05) is 0 Å². The Bertz CT molecular complexity index is 742. The second-order valence-electron chi connectivity index (χ2n) is 4.37. The van der Waals surface area contributed by atoms with Crippen molar-refractivity contribution in [3.05, 3.63) is 45.6 Å². The van der Waals surface area contributed by atoms with Gasteiger partial charge in [-0.3, -0.25) is 15.6 Å². The first kappa shape index (κ1) is 18.9. The fraction of sp³-hybridized carbons (Fsp3) is 0.214. The van der Waals surface area contributed by atoms with Gasteiger partial charge in [0.15, 0.2) is 10.7 Å². The number of nitrogens with one attached hydrogen (secondary N) is 2. The van der Waals surface area contributed by atoms with Gasteiger partial charge in [0.1, 0.15) is 0 Å². The molecule has 2 rings (SSSR count). The molecule has 0 bridgehead atoms. The molecule has 124 valence electrons. The summed E-state index contributed by atoms with van der Waals surface area (Å²) in [5.74, 6) is -0.936. The summed E-state index contributed by atoms with van der Waals surface area (Å²) in [6.07, 6.45) is 0.150. The fourth-order valence-electron chi connectivity index (χ4n) is 1.80. The van der Waals surface area contributed by atoms with Gasteiger partial charge in [-0.25, -0.2) is 9.47 Å². The maximum absolute atomic E-state index is 12.0.